The van der Waals surface area contributed by atoms with Gasteiger partial charge in [-0.2, -0.15) is 0 Å². The van der Waals surface area contributed by atoms with Gasteiger partial charge in [0, 0.05) is 26.2 Å². The average molecular weight is 482 g/mol. The minimum absolute atomic E-state index is 0. The quantitative estimate of drug-likeness (QED) is 0.614. The molecule has 2 saturated heterocycles. The highest BCUT2D eigenvalue weighted by Crippen LogP contribution is 2.30. The van der Waals surface area contributed by atoms with Gasteiger partial charge < -0.3 is 4.90 Å². The van der Waals surface area contributed by atoms with E-state index in [0.29, 0.717) is 5.91 Å². The van der Waals surface area contributed by atoms with Crippen molar-refractivity contribution in [3.8, 4) is 0 Å². The first-order valence-corrected chi connectivity index (χ1v) is 11.2. The molecule has 0 spiro atoms. The molecule has 1 amide bonds. The highest BCUT2D eigenvalue weighted by Gasteiger charge is 2.34. The fraction of sp³-hybridized carbons (Fsp3) is 0.480. The topological polar surface area (TPSA) is 26.8 Å². The molecule has 0 bridgehead atoms. The third-order valence-corrected chi connectivity index (χ3v) is 6.60. The van der Waals surface area contributed by atoms with Crippen LogP contribution in [0, 0.1) is 5.82 Å². The number of likely N-dealkylation sites (tertiary alicyclic amines) is 1. The maximum absolute atomic E-state index is 13.5. The Balaban J connectivity index is 0.00000181. The zero-order valence-corrected chi connectivity index (χ0v) is 20.3. The molecule has 176 valence electrons. The van der Waals surface area contributed by atoms with Crippen LogP contribution in [0.5, 0.6) is 0 Å². The number of hydrogen-bond donors (Lipinski definition) is 0. The van der Waals surface area contributed by atoms with Crippen LogP contribution in [0.15, 0.2) is 54.6 Å². The Morgan fingerprint density at radius 1 is 0.906 bits per heavy atom. The Hall–Kier alpha value is -1.66. The molecule has 2 aromatic carbocycles. The molecular formula is C25H34Cl2FN3O. The largest absolute Gasteiger partial charge is 0.339 e. The summed E-state index contributed by atoms with van der Waals surface area (Å²) >= 11 is 0. The van der Waals surface area contributed by atoms with Crippen molar-refractivity contribution in [1.82, 2.24) is 14.7 Å². The first kappa shape index (κ1) is 26.6. The molecule has 7 heteroatoms. The Kier molecular flexibility index (Phi) is 10.4. The Morgan fingerprint density at radius 3 is 2.16 bits per heavy atom. The minimum Gasteiger partial charge on any atom is -0.339 e. The summed E-state index contributed by atoms with van der Waals surface area (Å²) in [5.41, 5.74) is 2.29. The molecule has 0 saturated carbocycles. The molecule has 0 aliphatic carbocycles. The van der Waals surface area contributed by atoms with E-state index < -0.39 is 0 Å². The smallest absolute Gasteiger partial charge is 0.240 e. The third kappa shape index (κ3) is 6.02. The molecule has 2 aliphatic heterocycles. The van der Waals surface area contributed by atoms with Crippen molar-refractivity contribution >= 4 is 30.7 Å². The fourth-order valence-electron chi connectivity index (χ4n) is 4.95. The van der Waals surface area contributed by atoms with Gasteiger partial charge in [0.05, 0.1) is 12.1 Å². The van der Waals surface area contributed by atoms with Crippen LogP contribution < -0.4 is 0 Å². The van der Waals surface area contributed by atoms with Crippen LogP contribution in [0.1, 0.15) is 43.4 Å². The number of benzene rings is 2. The van der Waals surface area contributed by atoms with Crippen molar-refractivity contribution in [3.05, 3.63) is 71.5 Å². The summed E-state index contributed by atoms with van der Waals surface area (Å²) in [6, 6.07) is 17.3. The summed E-state index contributed by atoms with van der Waals surface area (Å²) in [5.74, 6) is 0.0863. The molecule has 2 unspecified atom stereocenters. The van der Waals surface area contributed by atoms with E-state index in [9.17, 15) is 9.18 Å². The van der Waals surface area contributed by atoms with Crippen LogP contribution in [0.4, 0.5) is 4.39 Å². The first-order chi connectivity index (χ1) is 14.7. The number of nitrogens with zero attached hydrogens (tertiary/aromatic N) is 3. The standard InChI is InChI=1S/C25H32FN3O.2ClH/c1-2-27-15-7-6-10-23(27)25(30)29-18-16-28(17-19-29)24(20-8-4-3-5-9-20)21-11-13-22(26)14-12-21;;/h3-5,8-9,11-14,23-24H,2,6-7,10,15-19H2,1H3;2*1H. The number of carbonyl (C=O) groups is 1. The van der Waals surface area contributed by atoms with Crippen molar-refractivity contribution in [2.75, 3.05) is 39.3 Å². The maximum atomic E-state index is 13.5. The van der Waals surface area contributed by atoms with Crippen LogP contribution in [0.25, 0.3) is 0 Å². The molecular weight excluding hydrogens is 448 g/mol. The zero-order chi connectivity index (χ0) is 20.9. The lowest BCUT2D eigenvalue weighted by Gasteiger charge is -2.42. The zero-order valence-electron chi connectivity index (χ0n) is 18.7. The van der Waals surface area contributed by atoms with Crippen molar-refractivity contribution in [2.45, 2.75) is 38.3 Å². The Morgan fingerprint density at radius 2 is 1.53 bits per heavy atom. The molecule has 32 heavy (non-hydrogen) atoms. The number of amides is 1. The minimum atomic E-state index is -0.214. The van der Waals surface area contributed by atoms with Gasteiger partial charge in [-0.25, -0.2) is 4.39 Å². The van der Waals surface area contributed by atoms with Gasteiger partial charge in [0.2, 0.25) is 5.91 Å². The summed E-state index contributed by atoms with van der Waals surface area (Å²) in [5, 5.41) is 0. The van der Waals surface area contributed by atoms with Crippen LogP contribution in [-0.2, 0) is 4.79 Å². The summed E-state index contributed by atoms with van der Waals surface area (Å²) in [6.45, 7) is 7.26. The van der Waals surface area contributed by atoms with Crippen molar-refractivity contribution in [3.63, 3.8) is 0 Å². The van der Waals surface area contributed by atoms with Crippen LogP contribution in [0.2, 0.25) is 0 Å². The molecule has 0 aromatic heterocycles. The molecule has 4 rings (SSSR count). The van der Waals surface area contributed by atoms with Crippen molar-refractivity contribution < 1.29 is 9.18 Å². The number of likely N-dealkylation sites (N-methyl/N-ethyl adjacent to an activating group) is 1. The van der Waals surface area contributed by atoms with Gasteiger partial charge in [-0.3, -0.25) is 14.6 Å². The molecule has 2 aromatic rings. The summed E-state index contributed by atoms with van der Waals surface area (Å²) < 4.78 is 13.5. The van der Waals surface area contributed by atoms with Gasteiger partial charge in [0.15, 0.2) is 0 Å². The van der Waals surface area contributed by atoms with Crippen LogP contribution in [0.3, 0.4) is 0 Å². The number of hydrogen-bond acceptors (Lipinski definition) is 3. The second-order valence-electron chi connectivity index (χ2n) is 8.37. The number of halogens is 3. The van der Waals surface area contributed by atoms with E-state index in [0.717, 1.165) is 57.7 Å². The summed E-state index contributed by atoms with van der Waals surface area (Å²) in [6.07, 6.45) is 3.32. The molecule has 2 heterocycles. The van der Waals surface area contributed by atoms with E-state index in [1.54, 1.807) is 0 Å². The third-order valence-electron chi connectivity index (χ3n) is 6.60. The first-order valence-electron chi connectivity index (χ1n) is 11.2. The Bertz CT molecular complexity index is 829. The molecule has 2 aliphatic rings. The van der Waals surface area contributed by atoms with E-state index >= 15 is 0 Å². The highest BCUT2D eigenvalue weighted by molar-refractivity contribution is 5.85. The Labute approximate surface area is 203 Å². The number of piperazine rings is 1. The molecule has 0 N–H and O–H groups in total. The van der Waals surface area contributed by atoms with Gasteiger partial charge in [-0.05, 0) is 49.2 Å². The van der Waals surface area contributed by atoms with E-state index in [1.807, 2.05) is 30.3 Å². The normalized spacial score (nSPS) is 20.7. The second kappa shape index (κ2) is 12.5. The molecule has 2 atom stereocenters. The molecule has 2 fully saturated rings. The van der Waals surface area contributed by atoms with Crippen LogP contribution >= 0.6 is 24.8 Å². The van der Waals surface area contributed by atoms with Crippen molar-refractivity contribution in [2.24, 2.45) is 0 Å². The van der Waals surface area contributed by atoms with Crippen LogP contribution in [-0.4, -0.2) is 65.9 Å². The number of rotatable bonds is 5. The van der Waals surface area contributed by atoms with Gasteiger partial charge in [-0.15, -0.1) is 24.8 Å². The lowest BCUT2D eigenvalue weighted by molar-refractivity contribution is -0.140. The van der Waals surface area contributed by atoms with Gasteiger partial charge in [-0.1, -0.05) is 55.8 Å². The van der Waals surface area contributed by atoms with Gasteiger partial charge >= 0.3 is 0 Å². The SMILES string of the molecule is CCN1CCCCC1C(=O)N1CCN(C(c2ccccc2)c2ccc(F)cc2)CC1.Cl.Cl. The fourth-order valence-corrected chi connectivity index (χ4v) is 4.95. The predicted molar refractivity (Wildman–Crippen MR) is 132 cm³/mol. The lowest BCUT2D eigenvalue weighted by atomic mass is 9.96. The van der Waals surface area contributed by atoms with E-state index in [1.165, 1.54) is 24.1 Å². The monoisotopic (exact) mass is 481 g/mol. The van der Waals surface area contributed by atoms with E-state index in [4.69, 9.17) is 0 Å². The predicted octanol–water partition coefficient (Wildman–Crippen LogP) is 4.78. The number of piperidine rings is 1. The molecule has 4 nitrogen and oxygen atoms in total. The van der Waals surface area contributed by atoms with Crippen molar-refractivity contribution in [1.29, 1.82) is 0 Å². The van der Waals surface area contributed by atoms with Gasteiger partial charge in [0.25, 0.3) is 0 Å². The number of carbonyl (C=O) groups excluding carboxylic acids is 1. The second-order valence-corrected chi connectivity index (χ2v) is 8.37. The molecule has 0 radical (unpaired) electrons. The maximum Gasteiger partial charge on any atom is 0.240 e. The van der Waals surface area contributed by atoms with E-state index in [-0.39, 0.29) is 42.7 Å². The summed E-state index contributed by atoms with van der Waals surface area (Å²) in [7, 11) is 0. The summed E-state index contributed by atoms with van der Waals surface area (Å²) in [4.78, 5) is 20.0. The average Bonchev–Trinajstić information content (AvgIpc) is 2.81. The lowest BCUT2D eigenvalue weighted by Crippen LogP contribution is -2.56. The van der Waals surface area contributed by atoms with Gasteiger partial charge in [0.1, 0.15) is 5.82 Å². The van der Waals surface area contributed by atoms with E-state index in [2.05, 4.69) is 33.8 Å². The highest BCUT2D eigenvalue weighted by atomic mass is 35.5.